The fourth-order valence-corrected chi connectivity index (χ4v) is 3.63. The molecule has 1 amide bonds. The van der Waals surface area contributed by atoms with Gasteiger partial charge in [0, 0.05) is 8.59 Å². The molecule has 20 heavy (non-hydrogen) atoms. The molecule has 2 N–H and O–H groups in total. The van der Waals surface area contributed by atoms with Gasteiger partial charge in [0.05, 0.1) is 22.7 Å². The van der Waals surface area contributed by atoms with E-state index in [1.165, 1.54) is 0 Å². The molecular weight excluding hydrogens is 412 g/mol. The molecule has 3 nitrogen and oxygen atoms in total. The van der Waals surface area contributed by atoms with Crippen LogP contribution < -0.4 is 5.32 Å². The average Bonchev–Trinajstić information content (AvgIpc) is 2.43. The summed E-state index contributed by atoms with van der Waals surface area (Å²) in [4.78, 5) is 12.5. The second kappa shape index (κ2) is 6.81. The number of hydrogen-bond donors (Lipinski definition) is 2. The largest absolute Gasteiger partial charge is 0.394 e. The molecule has 0 aliphatic heterocycles. The summed E-state index contributed by atoms with van der Waals surface area (Å²) in [5.41, 5.74) is -0.0470. The summed E-state index contributed by atoms with van der Waals surface area (Å²) in [6.45, 7) is -0.0381. The first-order valence-electron chi connectivity index (χ1n) is 6.55. The molecule has 0 heterocycles. The number of rotatable bonds is 3. The van der Waals surface area contributed by atoms with Gasteiger partial charge in [0.25, 0.3) is 5.91 Å². The molecule has 0 radical (unpaired) electrons. The van der Waals surface area contributed by atoms with Gasteiger partial charge in [-0.2, -0.15) is 0 Å². The normalized spacial score (nSPS) is 17.8. The first-order chi connectivity index (χ1) is 9.47. The van der Waals surface area contributed by atoms with Crippen LogP contribution in [-0.2, 0) is 0 Å². The van der Waals surface area contributed by atoms with Gasteiger partial charge in [-0.15, -0.1) is 0 Å². The Morgan fingerprint density at radius 2 is 1.95 bits per heavy atom. The molecule has 110 valence electrons. The molecule has 0 spiro atoms. The highest BCUT2D eigenvalue weighted by atomic mass is 127. The lowest BCUT2D eigenvalue weighted by molar-refractivity contribution is 0.0758. The van der Waals surface area contributed by atoms with E-state index in [9.17, 15) is 9.90 Å². The number of aliphatic hydroxyl groups excluding tert-OH is 1. The number of carbonyl (C=O) groups is 1. The maximum Gasteiger partial charge on any atom is 0.252 e. The monoisotopic (exact) mass is 427 g/mol. The predicted molar refractivity (Wildman–Crippen MR) is 89.5 cm³/mol. The Hall–Kier alpha value is -0.0400. The van der Waals surface area contributed by atoms with Crippen LogP contribution in [0, 0.1) is 3.57 Å². The zero-order valence-corrected chi connectivity index (χ0v) is 14.6. The molecule has 0 bridgehead atoms. The maximum absolute atomic E-state index is 12.5. The number of hydrogen-bond acceptors (Lipinski definition) is 2. The third kappa shape index (κ3) is 3.59. The molecule has 1 aromatic rings. The Balaban J connectivity index is 2.23. The number of nitrogens with one attached hydrogen (secondary N) is 1. The summed E-state index contributed by atoms with van der Waals surface area (Å²) in [5.74, 6) is -0.227. The van der Waals surface area contributed by atoms with Gasteiger partial charge in [-0.3, -0.25) is 4.79 Å². The van der Waals surface area contributed by atoms with Crippen LogP contribution in [0.25, 0.3) is 0 Å². The second-order valence-electron chi connectivity index (χ2n) is 5.20. The molecule has 0 atom stereocenters. The molecule has 1 fully saturated rings. The average molecular weight is 428 g/mol. The molecule has 1 aliphatic carbocycles. The minimum atomic E-state index is -0.507. The van der Waals surface area contributed by atoms with Crippen molar-refractivity contribution in [1.29, 1.82) is 0 Å². The molecule has 6 heteroatoms. The fraction of sp³-hybridized carbons (Fsp3) is 0.500. The fourth-order valence-electron chi connectivity index (χ4n) is 2.58. The van der Waals surface area contributed by atoms with Gasteiger partial charge < -0.3 is 10.4 Å². The smallest absolute Gasteiger partial charge is 0.252 e. The molecule has 0 unspecified atom stereocenters. The van der Waals surface area contributed by atoms with Crippen molar-refractivity contribution < 1.29 is 9.90 Å². The number of carbonyl (C=O) groups excluding carboxylic acids is 1. The maximum atomic E-state index is 12.5. The third-order valence-corrected chi connectivity index (χ3v) is 5.73. The van der Waals surface area contributed by atoms with Crippen LogP contribution >= 0.6 is 45.8 Å². The minimum Gasteiger partial charge on any atom is -0.394 e. The summed E-state index contributed by atoms with van der Waals surface area (Å²) in [7, 11) is 0. The van der Waals surface area contributed by atoms with E-state index in [1.807, 2.05) is 22.6 Å². The zero-order chi connectivity index (χ0) is 14.8. The number of amides is 1. The number of benzene rings is 1. The third-order valence-electron chi connectivity index (χ3n) is 3.73. The van der Waals surface area contributed by atoms with Gasteiger partial charge in [0.2, 0.25) is 0 Å². The van der Waals surface area contributed by atoms with Crippen molar-refractivity contribution in [2.75, 3.05) is 6.61 Å². The lowest BCUT2D eigenvalue weighted by Crippen LogP contribution is -2.52. The standard InChI is InChI=1S/C14H16Cl2INO2/c15-9-6-10(12(17)11(16)7-9)13(20)18-14(8-19)4-2-1-3-5-14/h6-7,19H,1-5,8H2,(H,18,20). The lowest BCUT2D eigenvalue weighted by Gasteiger charge is -2.36. The quantitative estimate of drug-likeness (QED) is 0.565. The predicted octanol–water partition coefficient (Wildman–Crippen LogP) is 4.02. The van der Waals surface area contributed by atoms with E-state index in [0.717, 1.165) is 32.1 Å². The highest BCUT2D eigenvalue weighted by Crippen LogP contribution is 2.30. The Kier molecular flexibility index (Phi) is 5.56. The molecule has 1 aliphatic rings. The van der Waals surface area contributed by atoms with Crippen LogP contribution in [0.15, 0.2) is 12.1 Å². The minimum absolute atomic E-state index is 0.0381. The molecule has 0 aromatic heterocycles. The van der Waals surface area contributed by atoms with Crippen LogP contribution in [0.4, 0.5) is 0 Å². The van der Waals surface area contributed by atoms with Gasteiger partial charge in [-0.1, -0.05) is 42.5 Å². The highest BCUT2D eigenvalue weighted by molar-refractivity contribution is 14.1. The van der Waals surface area contributed by atoms with Crippen molar-refractivity contribution in [3.05, 3.63) is 31.3 Å². The first-order valence-corrected chi connectivity index (χ1v) is 8.39. The van der Waals surface area contributed by atoms with E-state index in [4.69, 9.17) is 23.2 Å². The molecule has 1 aromatic carbocycles. The van der Waals surface area contributed by atoms with Crippen LogP contribution in [0.1, 0.15) is 42.5 Å². The Labute approximate surface area is 142 Å². The van der Waals surface area contributed by atoms with E-state index < -0.39 is 5.54 Å². The van der Waals surface area contributed by atoms with E-state index in [-0.39, 0.29) is 12.5 Å². The highest BCUT2D eigenvalue weighted by Gasteiger charge is 2.33. The molecular formula is C14H16Cl2INO2. The van der Waals surface area contributed by atoms with E-state index in [2.05, 4.69) is 5.32 Å². The summed E-state index contributed by atoms with van der Waals surface area (Å²) in [6.07, 6.45) is 4.81. The second-order valence-corrected chi connectivity index (χ2v) is 7.12. The van der Waals surface area contributed by atoms with Crippen molar-refractivity contribution in [2.45, 2.75) is 37.6 Å². The summed E-state index contributed by atoms with van der Waals surface area (Å²) < 4.78 is 0.676. The van der Waals surface area contributed by atoms with Gasteiger partial charge in [-0.05, 0) is 47.6 Å². The summed E-state index contributed by atoms with van der Waals surface area (Å²) in [5, 5.41) is 13.5. The zero-order valence-electron chi connectivity index (χ0n) is 10.9. The van der Waals surface area contributed by atoms with E-state index in [1.54, 1.807) is 12.1 Å². The summed E-state index contributed by atoms with van der Waals surface area (Å²) >= 11 is 14.0. The van der Waals surface area contributed by atoms with E-state index >= 15 is 0 Å². The van der Waals surface area contributed by atoms with Gasteiger partial charge in [0.15, 0.2) is 0 Å². The Morgan fingerprint density at radius 1 is 1.30 bits per heavy atom. The SMILES string of the molecule is O=C(NC1(CO)CCCCC1)c1cc(Cl)cc(Cl)c1I. The van der Waals surface area contributed by atoms with Crippen LogP contribution in [-0.4, -0.2) is 23.2 Å². The topological polar surface area (TPSA) is 49.3 Å². The van der Waals surface area contributed by atoms with Crippen LogP contribution in [0.2, 0.25) is 10.0 Å². The van der Waals surface area contributed by atoms with Crippen molar-refractivity contribution in [2.24, 2.45) is 0 Å². The first kappa shape index (κ1) is 16.3. The van der Waals surface area contributed by atoms with Crippen molar-refractivity contribution in [3.63, 3.8) is 0 Å². The van der Waals surface area contributed by atoms with Gasteiger partial charge in [-0.25, -0.2) is 0 Å². The number of aliphatic hydroxyl groups is 1. The van der Waals surface area contributed by atoms with Crippen LogP contribution in [0.3, 0.4) is 0 Å². The van der Waals surface area contributed by atoms with E-state index in [0.29, 0.717) is 19.2 Å². The van der Waals surface area contributed by atoms with Gasteiger partial charge >= 0.3 is 0 Å². The van der Waals surface area contributed by atoms with Crippen molar-refractivity contribution >= 4 is 51.7 Å². The van der Waals surface area contributed by atoms with Crippen molar-refractivity contribution in [1.82, 2.24) is 5.32 Å². The van der Waals surface area contributed by atoms with Gasteiger partial charge in [0.1, 0.15) is 0 Å². The Bertz CT molecular complexity index is 516. The molecule has 0 saturated heterocycles. The van der Waals surface area contributed by atoms with Crippen LogP contribution in [0.5, 0.6) is 0 Å². The molecule has 1 saturated carbocycles. The lowest BCUT2D eigenvalue weighted by atomic mass is 9.82. The molecule has 2 rings (SSSR count). The number of halogens is 3. The Morgan fingerprint density at radius 3 is 2.55 bits per heavy atom. The van der Waals surface area contributed by atoms with Crippen molar-refractivity contribution in [3.8, 4) is 0 Å². The summed E-state index contributed by atoms with van der Waals surface area (Å²) in [6, 6.07) is 3.22.